The molecule has 0 saturated heterocycles. The molecule has 0 spiro atoms. The maximum atomic E-state index is 5.83. The van der Waals surface area contributed by atoms with E-state index in [4.69, 9.17) is 18.0 Å². The van der Waals surface area contributed by atoms with Crippen LogP contribution in [0.25, 0.3) is 11.4 Å². The van der Waals surface area contributed by atoms with Crippen LogP contribution >= 0.6 is 35.1 Å². The summed E-state index contributed by atoms with van der Waals surface area (Å²) in [5, 5.41) is 6.82. The first kappa shape index (κ1) is 9.66. The first-order chi connectivity index (χ1) is 6.70. The summed E-state index contributed by atoms with van der Waals surface area (Å²) in [4.78, 5) is 0. The van der Waals surface area contributed by atoms with Gasteiger partial charge in [-0.1, -0.05) is 12.1 Å². The van der Waals surface area contributed by atoms with Crippen molar-refractivity contribution in [3.8, 4) is 11.4 Å². The Morgan fingerprint density at radius 1 is 1.43 bits per heavy atom. The zero-order valence-corrected chi connectivity index (χ0v) is 10.0. The number of nitrogen functional groups attached to an aromatic ring is 1. The second-order valence-corrected chi connectivity index (χ2v) is 4.07. The molecule has 2 rings (SSSR count). The molecular formula is C8H7IN4S. The first-order valence-electron chi connectivity index (χ1n) is 3.88. The van der Waals surface area contributed by atoms with E-state index in [0.717, 1.165) is 11.4 Å². The van der Waals surface area contributed by atoms with E-state index in [1.54, 1.807) is 2.78 Å². The van der Waals surface area contributed by atoms with Crippen molar-refractivity contribution in [1.82, 2.24) is 13.0 Å². The van der Waals surface area contributed by atoms with Crippen LogP contribution in [0.1, 0.15) is 0 Å². The standard InChI is InChI=1S/C8H7IN4S/c9-13-7(11-12-8(13)14)5-3-1-2-4-6(5)10/h1-4H,10H2,(H,12,14). The lowest BCUT2D eigenvalue weighted by molar-refractivity contribution is 1.08. The van der Waals surface area contributed by atoms with E-state index in [1.807, 2.05) is 24.3 Å². The van der Waals surface area contributed by atoms with Crippen LogP contribution in [0.3, 0.4) is 0 Å². The van der Waals surface area contributed by atoms with E-state index in [0.29, 0.717) is 10.5 Å². The highest BCUT2D eigenvalue weighted by molar-refractivity contribution is 14.1. The minimum atomic E-state index is 0.573. The lowest BCUT2D eigenvalue weighted by Gasteiger charge is -2.01. The SMILES string of the molecule is Nc1ccccc1-c1n[nH]c(=S)n1I. The van der Waals surface area contributed by atoms with E-state index >= 15 is 0 Å². The van der Waals surface area contributed by atoms with Gasteiger partial charge in [-0.2, -0.15) is 5.10 Å². The van der Waals surface area contributed by atoms with Gasteiger partial charge < -0.3 is 5.73 Å². The Kier molecular flexibility index (Phi) is 2.55. The van der Waals surface area contributed by atoms with Gasteiger partial charge in [-0.25, -0.2) is 2.78 Å². The normalized spacial score (nSPS) is 10.4. The van der Waals surface area contributed by atoms with Gasteiger partial charge in [0.15, 0.2) is 5.82 Å². The second-order valence-electron chi connectivity index (χ2n) is 2.72. The molecule has 1 heterocycles. The number of nitrogens with two attached hydrogens (primary N) is 1. The average Bonchev–Trinajstić information content (AvgIpc) is 2.49. The predicted molar refractivity (Wildman–Crippen MR) is 66.7 cm³/mol. The topological polar surface area (TPSA) is 59.6 Å². The number of hydrogen-bond acceptors (Lipinski definition) is 3. The molecule has 0 fully saturated rings. The summed E-state index contributed by atoms with van der Waals surface area (Å²) in [6, 6.07) is 7.55. The fourth-order valence-corrected chi connectivity index (χ4v) is 1.76. The lowest BCUT2D eigenvalue weighted by atomic mass is 10.2. The summed E-state index contributed by atoms with van der Waals surface area (Å²) in [6.45, 7) is 0. The summed E-state index contributed by atoms with van der Waals surface area (Å²) >= 11 is 7.10. The number of aromatic amines is 1. The zero-order chi connectivity index (χ0) is 10.1. The Morgan fingerprint density at radius 2 is 2.14 bits per heavy atom. The Hall–Kier alpha value is -0.890. The number of para-hydroxylation sites is 1. The fraction of sp³-hybridized carbons (Fsp3) is 0. The molecule has 0 aliphatic heterocycles. The van der Waals surface area contributed by atoms with Crippen LogP contribution in [0.4, 0.5) is 5.69 Å². The van der Waals surface area contributed by atoms with E-state index in [1.165, 1.54) is 0 Å². The Bertz CT molecular complexity index is 516. The third-order valence-electron chi connectivity index (χ3n) is 1.82. The molecule has 0 bridgehead atoms. The number of halogens is 1. The second kappa shape index (κ2) is 3.70. The van der Waals surface area contributed by atoms with Crippen LogP contribution in [0, 0.1) is 4.77 Å². The number of nitrogens with zero attached hydrogens (tertiary/aromatic N) is 2. The fourth-order valence-electron chi connectivity index (χ4n) is 1.15. The van der Waals surface area contributed by atoms with Crippen LogP contribution in [0.2, 0.25) is 0 Å². The molecule has 3 N–H and O–H groups in total. The third-order valence-corrected chi connectivity index (χ3v) is 3.36. The van der Waals surface area contributed by atoms with Crippen LogP contribution in [0.5, 0.6) is 0 Å². The van der Waals surface area contributed by atoms with Gasteiger partial charge in [0.25, 0.3) is 0 Å². The van der Waals surface area contributed by atoms with Crippen LogP contribution in [-0.4, -0.2) is 13.0 Å². The van der Waals surface area contributed by atoms with Crippen molar-refractivity contribution in [2.45, 2.75) is 0 Å². The van der Waals surface area contributed by atoms with Crippen molar-refractivity contribution in [2.75, 3.05) is 5.73 Å². The van der Waals surface area contributed by atoms with Crippen molar-refractivity contribution >= 4 is 40.8 Å². The van der Waals surface area contributed by atoms with Gasteiger partial charge in [-0.3, -0.25) is 5.10 Å². The number of H-pyrrole nitrogens is 1. The molecule has 1 aromatic carbocycles. The minimum Gasteiger partial charge on any atom is -0.398 e. The minimum absolute atomic E-state index is 0.573. The quantitative estimate of drug-likeness (QED) is 0.482. The number of nitrogens with one attached hydrogen (secondary N) is 1. The number of hydrogen-bond donors (Lipinski definition) is 2. The number of rotatable bonds is 1. The van der Waals surface area contributed by atoms with Crippen molar-refractivity contribution in [2.24, 2.45) is 0 Å². The predicted octanol–water partition coefficient (Wildman–Crippen LogP) is 2.39. The molecule has 14 heavy (non-hydrogen) atoms. The van der Waals surface area contributed by atoms with Crippen molar-refractivity contribution < 1.29 is 0 Å². The zero-order valence-electron chi connectivity index (χ0n) is 7.07. The van der Waals surface area contributed by atoms with E-state index in [9.17, 15) is 0 Å². The Morgan fingerprint density at radius 3 is 2.71 bits per heavy atom. The lowest BCUT2D eigenvalue weighted by Crippen LogP contribution is -1.93. The van der Waals surface area contributed by atoms with E-state index < -0.39 is 0 Å². The molecular weight excluding hydrogens is 311 g/mol. The maximum absolute atomic E-state index is 5.83. The summed E-state index contributed by atoms with van der Waals surface area (Å²) in [5.74, 6) is 0.744. The number of benzene rings is 1. The molecule has 0 amide bonds. The Labute approximate surface area is 99.6 Å². The molecule has 72 valence electrons. The molecule has 0 atom stereocenters. The van der Waals surface area contributed by atoms with Crippen molar-refractivity contribution in [1.29, 1.82) is 0 Å². The van der Waals surface area contributed by atoms with Crippen molar-refractivity contribution in [3.05, 3.63) is 29.0 Å². The Balaban J connectivity index is 2.66. The molecule has 0 aliphatic carbocycles. The summed E-state index contributed by atoms with van der Waals surface area (Å²) in [5.41, 5.74) is 7.40. The number of anilines is 1. The van der Waals surface area contributed by atoms with Gasteiger partial charge in [0.1, 0.15) is 0 Å². The highest BCUT2D eigenvalue weighted by Gasteiger charge is 2.08. The van der Waals surface area contributed by atoms with Crippen LogP contribution in [0.15, 0.2) is 24.3 Å². The van der Waals surface area contributed by atoms with Crippen LogP contribution < -0.4 is 5.73 Å². The summed E-state index contributed by atoms with van der Waals surface area (Å²) in [6.07, 6.45) is 0. The molecule has 6 heteroatoms. The molecule has 4 nitrogen and oxygen atoms in total. The molecule has 0 saturated carbocycles. The monoisotopic (exact) mass is 318 g/mol. The summed E-state index contributed by atoms with van der Waals surface area (Å²) < 4.78 is 2.34. The third kappa shape index (κ3) is 1.55. The molecule has 0 aliphatic rings. The molecule has 0 radical (unpaired) electrons. The first-order valence-corrected chi connectivity index (χ1v) is 5.26. The van der Waals surface area contributed by atoms with Crippen LogP contribution in [-0.2, 0) is 0 Å². The van der Waals surface area contributed by atoms with Crippen molar-refractivity contribution in [3.63, 3.8) is 0 Å². The maximum Gasteiger partial charge on any atom is 0.204 e. The van der Waals surface area contributed by atoms with E-state index in [-0.39, 0.29) is 0 Å². The highest BCUT2D eigenvalue weighted by Crippen LogP contribution is 2.24. The van der Waals surface area contributed by atoms with Gasteiger partial charge in [0, 0.05) is 11.3 Å². The van der Waals surface area contributed by atoms with E-state index in [2.05, 4.69) is 33.1 Å². The highest BCUT2D eigenvalue weighted by atomic mass is 127. The number of aromatic nitrogens is 3. The van der Waals surface area contributed by atoms with Gasteiger partial charge in [0.2, 0.25) is 4.77 Å². The molecule has 1 aromatic heterocycles. The smallest absolute Gasteiger partial charge is 0.204 e. The van der Waals surface area contributed by atoms with Gasteiger partial charge in [0.05, 0.1) is 22.9 Å². The molecule has 0 unspecified atom stereocenters. The average molecular weight is 318 g/mol. The van der Waals surface area contributed by atoms with Gasteiger partial charge >= 0.3 is 0 Å². The van der Waals surface area contributed by atoms with Gasteiger partial charge in [-0.05, 0) is 24.4 Å². The molecule has 2 aromatic rings. The summed E-state index contributed by atoms with van der Waals surface area (Å²) in [7, 11) is 0. The van der Waals surface area contributed by atoms with Gasteiger partial charge in [-0.15, -0.1) is 0 Å². The largest absolute Gasteiger partial charge is 0.398 e.